The van der Waals surface area contributed by atoms with Gasteiger partial charge in [0.15, 0.2) is 6.04 Å². The molecule has 0 aromatic carbocycles. The molecule has 0 aromatic rings. The second kappa shape index (κ2) is 7.07. The Hall–Kier alpha value is -1.10. The average Bonchev–Trinajstić information content (AvgIpc) is 2.42. The summed E-state index contributed by atoms with van der Waals surface area (Å²) < 4.78 is 4.54. The molecule has 0 bridgehead atoms. The lowest BCUT2D eigenvalue weighted by Crippen LogP contribution is -2.47. The molecule has 1 aliphatic carbocycles. The van der Waals surface area contributed by atoms with E-state index in [1.165, 1.54) is 7.11 Å². The molecule has 2 N–H and O–H groups in total. The Morgan fingerprint density at radius 2 is 1.80 bits per heavy atom. The number of amides is 1. The molecule has 1 saturated carbocycles. The highest BCUT2D eigenvalue weighted by Gasteiger charge is 2.33. The third-order valence-corrected chi connectivity index (χ3v) is 4.31. The number of esters is 1. The first-order chi connectivity index (χ1) is 9.29. The number of methoxy groups -OCH3 is 1. The highest BCUT2D eigenvalue weighted by Crippen LogP contribution is 2.39. The average molecular weight is 285 g/mol. The van der Waals surface area contributed by atoms with E-state index in [1.54, 1.807) is 0 Å². The standard InChI is InChI=1S/C15H27NO4/c1-15(2,3)11-7-5-10(6-8-11)13(18)16-12(9-17)14(19)20-4/h10-12,17H,5-9H2,1-4H3,(H,16,18). The highest BCUT2D eigenvalue weighted by molar-refractivity contribution is 5.85. The molecule has 20 heavy (non-hydrogen) atoms. The molecule has 1 unspecified atom stereocenters. The van der Waals surface area contributed by atoms with Crippen LogP contribution in [0.25, 0.3) is 0 Å². The third kappa shape index (κ3) is 4.47. The highest BCUT2D eigenvalue weighted by atomic mass is 16.5. The first-order valence-electron chi connectivity index (χ1n) is 7.28. The van der Waals surface area contributed by atoms with Gasteiger partial charge < -0.3 is 15.2 Å². The number of aliphatic hydroxyl groups is 1. The van der Waals surface area contributed by atoms with E-state index in [0.29, 0.717) is 5.92 Å². The number of ether oxygens (including phenoxy) is 1. The van der Waals surface area contributed by atoms with Crippen LogP contribution in [0.15, 0.2) is 0 Å². The van der Waals surface area contributed by atoms with Crippen molar-refractivity contribution in [2.45, 2.75) is 52.5 Å². The molecule has 0 spiro atoms. The molecule has 0 aromatic heterocycles. The number of nitrogens with one attached hydrogen (secondary N) is 1. The van der Waals surface area contributed by atoms with E-state index in [0.717, 1.165) is 25.7 Å². The number of rotatable bonds is 4. The number of aliphatic hydroxyl groups excluding tert-OH is 1. The van der Waals surface area contributed by atoms with Crippen LogP contribution >= 0.6 is 0 Å². The summed E-state index contributed by atoms with van der Waals surface area (Å²) in [7, 11) is 1.24. The van der Waals surface area contributed by atoms with Crippen molar-refractivity contribution in [1.29, 1.82) is 0 Å². The largest absolute Gasteiger partial charge is 0.467 e. The van der Waals surface area contributed by atoms with Crippen LogP contribution in [0.1, 0.15) is 46.5 Å². The van der Waals surface area contributed by atoms with Crippen LogP contribution in [0.3, 0.4) is 0 Å². The Labute approximate surface area is 121 Å². The third-order valence-electron chi connectivity index (χ3n) is 4.31. The lowest BCUT2D eigenvalue weighted by Gasteiger charge is -2.36. The van der Waals surface area contributed by atoms with Gasteiger partial charge in [-0.15, -0.1) is 0 Å². The normalized spacial score (nSPS) is 24.9. The van der Waals surface area contributed by atoms with E-state index in [1.807, 2.05) is 0 Å². The molecule has 0 aliphatic heterocycles. The molecule has 0 saturated heterocycles. The minimum absolute atomic E-state index is 0.0627. The van der Waals surface area contributed by atoms with Gasteiger partial charge in [0.1, 0.15) is 0 Å². The van der Waals surface area contributed by atoms with Crippen molar-refractivity contribution in [3.63, 3.8) is 0 Å². The van der Waals surface area contributed by atoms with Crippen LogP contribution in [0.5, 0.6) is 0 Å². The Morgan fingerprint density at radius 1 is 1.25 bits per heavy atom. The van der Waals surface area contributed by atoms with Crippen molar-refractivity contribution < 1.29 is 19.4 Å². The lowest BCUT2D eigenvalue weighted by molar-refractivity contribution is -0.147. The molecular formula is C15H27NO4. The Balaban J connectivity index is 2.48. The first kappa shape index (κ1) is 17.0. The molecule has 1 amide bonds. The summed E-state index contributed by atoms with van der Waals surface area (Å²) in [5.41, 5.74) is 0.279. The van der Waals surface area contributed by atoms with Gasteiger partial charge in [0.05, 0.1) is 13.7 Å². The molecule has 116 valence electrons. The smallest absolute Gasteiger partial charge is 0.330 e. The Kier molecular flexibility index (Phi) is 5.99. The van der Waals surface area contributed by atoms with E-state index in [4.69, 9.17) is 5.11 Å². The lowest BCUT2D eigenvalue weighted by atomic mass is 9.69. The first-order valence-corrected chi connectivity index (χ1v) is 7.28. The molecule has 1 rings (SSSR count). The summed E-state index contributed by atoms with van der Waals surface area (Å²) >= 11 is 0. The van der Waals surface area contributed by atoms with E-state index >= 15 is 0 Å². The van der Waals surface area contributed by atoms with Crippen LogP contribution < -0.4 is 5.32 Å². The van der Waals surface area contributed by atoms with Gasteiger partial charge >= 0.3 is 5.97 Å². The maximum atomic E-state index is 12.1. The van der Waals surface area contributed by atoms with Crippen molar-refractivity contribution in [3.05, 3.63) is 0 Å². The van der Waals surface area contributed by atoms with Gasteiger partial charge in [0, 0.05) is 5.92 Å². The van der Waals surface area contributed by atoms with Crippen LogP contribution in [0.4, 0.5) is 0 Å². The van der Waals surface area contributed by atoms with Gasteiger partial charge in [-0.1, -0.05) is 20.8 Å². The van der Waals surface area contributed by atoms with Gasteiger partial charge in [-0.2, -0.15) is 0 Å². The molecule has 0 heterocycles. The molecule has 5 nitrogen and oxygen atoms in total. The summed E-state index contributed by atoms with van der Waals surface area (Å²) in [5, 5.41) is 11.7. The number of hydrogen-bond donors (Lipinski definition) is 2. The second-order valence-corrected chi connectivity index (χ2v) is 6.68. The number of carbonyl (C=O) groups is 2. The van der Waals surface area contributed by atoms with E-state index in [-0.39, 0.29) is 17.2 Å². The van der Waals surface area contributed by atoms with Crippen molar-refractivity contribution >= 4 is 11.9 Å². The Bertz CT molecular complexity index is 340. The van der Waals surface area contributed by atoms with Gasteiger partial charge in [-0.25, -0.2) is 4.79 Å². The van der Waals surface area contributed by atoms with Crippen LogP contribution in [0.2, 0.25) is 0 Å². The topological polar surface area (TPSA) is 75.6 Å². The van der Waals surface area contributed by atoms with Gasteiger partial charge in [-0.3, -0.25) is 4.79 Å². The summed E-state index contributed by atoms with van der Waals surface area (Å²) in [5.74, 6) is -0.181. The maximum absolute atomic E-state index is 12.1. The number of carbonyl (C=O) groups excluding carboxylic acids is 2. The summed E-state index contributed by atoms with van der Waals surface area (Å²) in [4.78, 5) is 23.5. The predicted molar refractivity (Wildman–Crippen MR) is 75.9 cm³/mol. The fraction of sp³-hybridized carbons (Fsp3) is 0.867. The SMILES string of the molecule is COC(=O)C(CO)NC(=O)C1CCC(C(C)(C)C)CC1. The quantitative estimate of drug-likeness (QED) is 0.767. The van der Waals surface area contributed by atoms with E-state index in [2.05, 4.69) is 30.8 Å². The van der Waals surface area contributed by atoms with Crippen LogP contribution in [-0.2, 0) is 14.3 Å². The minimum Gasteiger partial charge on any atom is -0.467 e. The number of hydrogen-bond acceptors (Lipinski definition) is 4. The van der Waals surface area contributed by atoms with Gasteiger partial charge in [-0.05, 0) is 37.0 Å². The van der Waals surface area contributed by atoms with E-state index < -0.39 is 18.6 Å². The molecular weight excluding hydrogens is 258 g/mol. The summed E-state index contributed by atoms with van der Waals surface area (Å²) in [6, 6.07) is -0.951. The van der Waals surface area contributed by atoms with Crippen LogP contribution in [-0.4, -0.2) is 36.7 Å². The molecule has 1 atom stereocenters. The van der Waals surface area contributed by atoms with Crippen molar-refractivity contribution in [2.75, 3.05) is 13.7 Å². The maximum Gasteiger partial charge on any atom is 0.330 e. The fourth-order valence-corrected chi connectivity index (χ4v) is 2.83. The molecule has 5 heteroatoms. The van der Waals surface area contributed by atoms with Gasteiger partial charge in [0.2, 0.25) is 5.91 Å². The molecule has 1 aliphatic rings. The minimum atomic E-state index is -0.951. The summed E-state index contributed by atoms with van der Waals surface area (Å²) in [6.45, 7) is 6.26. The van der Waals surface area contributed by atoms with Crippen molar-refractivity contribution in [3.8, 4) is 0 Å². The van der Waals surface area contributed by atoms with Gasteiger partial charge in [0.25, 0.3) is 0 Å². The zero-order valence-corrected chi connectivity index (χ0v) is 12.9. The predicted octanol–water partition coefficient (Wildman–Crippen LogP) is 1.49. The zero-order chi connectivity index (χ0) is 15.3. The van der Waals surface area contributed by atoms with Crippen molar-refractivity contribution in [2.24, 2.45) is 17.3 Å². The fourth-order valence-electron chi connectivity index (χ4n) is 2.83. The molecule has 1 fully saturated rings. The van der Waals surface area contributed by atoms with E-state index in [9.17, 15) is 9.59 Å². The van der Waals surface area contributed by atoms with Crippen LogP contribution in [0, 0.1) is 17.3 Å². The second-order valence-electron chi connectivity index (χ2n) is 6.68. The zero-order valence-electron chi connectivity index (χ0n) is 12.9. The Morgan fingerprint density at radius 3 is 2.20 bits per heavy atom. The monoisotopic (exact) mass is 285 g/mol. The molecule has 0 radical (unpaired) electrons. The summed E-state index contributed by atoms with van der Waals surface area (Å²) in [6.07, 6.45) is 3.74. The van der Waals surface area contributed by atoms with Crippen molar-refractivity contribution in [1.82, 2.24) is 5.32 Å².